The van der Waals surface area contributed by atoms with Crippen LogP contribution in [0.3, 0.4) is 0 Å². The molecule has 196 valence electrons. The minimum Gasteiger partial charge on any atom is -0.374 e. The average molecular weight is 496 g/mol. The number of anilines is 1. The highest BCUT2D eigenvalue weighted by molar-refractivity contribution is 5.95. The van der Waals surface area contributed by atoms with Crippen LogP contribution in [0.1, 0.15) is 56.7 Å². The minimum atomic E-state index is -0.674. The maximum absolute atomic E-state index is 12.7. The monoisotopic (exact) mass is 495 g/mol. The maximum Gasteiger partial charge on any atom is 0.227 e. The van der Waals surface area contributed by atoms with Gasteiger partial charge in [0, 0.05) is 44.8 Å². The van der Waals surface area contributed by atoms with Crippen molar-refractivity contribution in [1.29, 1.82) is 0 Å². The highest BCUT2D eigenvalue weighted by Crippen LogP contribution is 2.33. The Balaban J connectivity index is 1.28. The third-order valence-electron chi connectivity index (χ3n) is 8.33. The van der Waals surface area contributed by atoms with Gasteiger partial charge in [-0.3, -0.25) is 15.0 Å². The van der Waals surface area contributed by atoms with Crippen LogP contribution in [0.15, 0.2) is 41.2 Å². The van der Waals surface area contributed by atoms with Gasteiger partial charge in [-0.05, 0) is 63.5 Å². The van der Waals surface area contributed by atoms with Gasteiger partial charge in [0.2, 0.25) is 11.9 Å². The van der Waals surface area contributed by atoms with Crippen molar-refractivity contribution < 1.29 is 9.90 Å². The van der Waals surface area contributed by atoms with E-state index in [0.29, 0.717) is 18.5 Å². The lowest BCUT2D eigenvalue weighted by atomic mass is 10.0. The van der Waals surface area contributed by atoms with Crippen molar-refractivity contribution in [2.75, 3.05) is 46.1 Å². The lowest BCUT2D eigenvalue weighted by molar-refractivity contribution is -0.127. The van der Waals surface area contributed by atoms with Crippen LogP contribution >= 0.6 is 0 Å². The summed E-state index contributed by atoms with van der Waals surface area (Å²) < 4.78 is 0. The van der Waals surface area contributed by atoms with E-state index in [1.54, 1.807) is 4.90 Å². The largest absolute Gasteiger partial charge is 0.374 e. The zero-order valence-electron chi connectivity index (χ0n) is 21.9. The average Bonchev–Trinajstić information content (AvgIpc) is 3.38. The van der Waals surface area contributed by atoms with E-state index in [2.05, 4.69) is 39.4 Å². The number of hydrogen-bond acceptors (Lipinski definition) is 8. The standard InChI is InChI=1S/C27H41N7O2/c1-31-15-12-21(13-16-31)29-25(36)19-8-10-20(11-9-19)30-27-28-18-23-26(33(27)3)34(22-6-4-5-7-22)17-14-24(35)32(23)2/h8-11,18,21-22,25-26,29,36H,4-7,12-17H2,1-3H3,(H,28,30). The molecule has 2 atom stereocenters. The van der Waals surface area contributed by atoms with Crippen LogP contribution in [0.5, 0.6) is 0 Å². The Labute approximate surface area is 214 Å². The number of carbonyl (C=O) groups excluding carboxylic acids is 1. The summed E-state index contributed by atoms with van der Waals surface area (Å²) in [6.07, 6.45) is 8.67. The van der Waals surface area contributed by atoms with Gasteiger partial charge < -0.3 is 25.1 Å². The third kappa shape index (κ3) is 5.29. The Morgan fingerprint density at radius 3 is 2.39 bits per heavy atom. The molecule has 1 aromatic rings. The van der Waals surface area contributed by atoms with Gasteiger partial charge in [-0.1, -0.05) is 25.0 Å². The van der Waals surface area contributed by atoms with Crippen LogP contribution in [0, 0.1) is 0 Å². The first-order chi connectivity index (χ1) is 17.4. The maximum atomic E-state index is 12.7. The molecule has 3 fully saturated rings. The van der Waals surface area contributed by atoms with Crippen LogP contribution < -0.4 is 10.6 Å². The van der Waals surface area contributed by atoms with Crippen LogP contribution in [0.4, 0.5) is 5.69 Å². The second kappa shape index (κ2) is 10.9. The van der Waals surface area contributed by atoms with Crippen LogP contribution in [0.2, 0.25) is 0 Å². The zero-order valence-corrected chi connectivity index (χ0v) is 21.9. The second-order valence-electron chi connectivity index (χ2n) is 10.8. The van der Waals surface area contributed by atoms with Gasteiger partial charge in [0.25, 0.3) is 0 Å². The van der Waals surface area contributed by atoms with Gasteiger partial charge >= 0.3 is 0 Å². The fraction of sp³-hybridized carbons (Fsp3) is 0.630. The fourth-order valence-corrected chi connectivity index (χ4v) is 6.02. The Morgan fingerprint density at radius 1 is 1.00 bits per heavy atom. The number of fused-ring (bicyclic) bond motifs is 1. The number of piperidine rings is 1. The van der Waals surface area contributed by atoms with E-state index in [0.717, 1.165) is 55.4 Å². The molecule has 36 heavy (non-hydrogen) atoms. The van der Waals surface area contributed by atoms with Gasteiger partial charge in [0.15, 0.2) is 0 Å². The van der Waals surface area contributed by atoms with Crippen LogP contribution in [0.25, 0.3) is 0 Å². The van der Waals surface area contributed by atoms with Gasteiger partial charge in [-0.15, -0.1) is 0 Å². The molecular weight excluding hydrogens is 454 g/mol. The Bertz CT molecular complexity index is 980. The number of amides is 1. The van der Waals surface area contributed by atoms with Crippen molar-refractivity contribution in [3.63, 3.8) is 0 Å². The molecule has 3 aliphatic heterocycles. The molecule has 9 nitrogen and oxygen atoms in total. The number of nitrogens with zero attached hydrogens (tertiary/aromatic N) is 5. The van der Waals surface area contributed by atoms with Crippen LogP contribution in [-0.2, 0) is 4.79 Å². The van der Waals surface area contributed by atoms with E-state index in [-0.39, 0.29) is 12.1 Å². The number of aliphatic hydroxyl groups is 1. The Hall–Kier alpha value is -2.46. The fourth-order valence-electron chi connectivity index (χ4n) is 6.02. The van der Waals surface area contributed by atoms with E-state index >= 15 is 0 Å². The molecular formula is C27H41N7O2. The number of guanidine groups is 1. The third-order valence-corrected chi connectivity index (χ3v) is 8.33. The summed E-state index contributed by atoms with van der Waals surface area (Å²) in [7, 11) is 6.06. The quantitative estimate of drug-likeness (QED) is 0.541. The second-order valence-corrected chi connectivity index (χ2v) is 10.8. The smallest absolute Gasteiger partial charge is 0.227 e. The number of aliphatic imine (C=N–C) groups is 1. The van der Waals surface area contributed by atoms with Gasteiger partial charge in [0.1, 0.15) is 12.4 Å². The molecule has 0 aromatic heterocycles. The molecule has 2 unspecified atom stereocenters. The normalized spacial score (nSPS) is 25.9. The SMILES string of the molecule is CN1CCC(NC(O)c2ccc(NC3=NC=C4C(N3C)N(C3CCCC3)CCC(=O)N4C)cc2)CC1. The molecule has 3 N–H and O–H groups in total. The molecule has 0 bridgehead atoms. The number of benzene rings is 1. The topological polar surface area (TPSA) is 86.7 Å². The lowest BCUT2D eigenvalue weighted by Crippen LogP contribution is -2.57. The summed E-state index contributed by atoms with van der Waals surface area (Å²) >= 11 is 0. The molecule has 2 saturated heterocycles. The zero-order chi connectivity index (χ0) is 25.2. The molecule has 1 amide bonds. The predicted molar refractivity (Wildman–Crippen MR) is 142 cm³/mol. The predicted octanol–water partition coefficient (Wildman–Crippen LogP) is 2.35. The molecule has 1 aliphatic carbocycles. The molecule has 0 radical (unpaired) electrons. The Kier molecular flexibility index (Phi) is 7.62. The first kappa shape index (κ1) is 25.2. The van der Waals surface area contributed by atoms with E-state index in [1.165, 1.54) is 25.7 Å². The number of nitrogens with one attached hydrogen (secondary N) is 2. The van der Waals surface area contributed by atoms with Crippen molar-refractivity contribution in [3.05, 3.63) is 41.7 Å². The highest BCUT2D eigenvalue weighted by atomic mass is 16.3. The molecule has 1 aromatic carbocycles. The van der Waals surface area contributed by atoms with Crippen molar-refractivity contribution in [1.82, 2.24) is 24.9 Å². The highest BCUT2D eigenvalue weighted by Gasteiger charge is 2.41. The summed E-state index contributed by atoms with van der Waals surface area (Å²) in [6, 6.07) is 8.74. The summed E-state index contributed by atoms with van der Waals surface area (Å²) in [5.41, 5.74) is 2.71. The Morgan fingerprint density at radius 2 is 1.69 bits per heavy atom. The van der Waals surface area contributed by atoms with Crippen molar-refractivity contribution >= 4 is 17.6 Å². The van der Waals surface area contributed by atoms with Crippen molar-refractivity contribution in [3.8, 4) is 0 Å². The molecule has 1 saturated carbocycles. The van der Waals surface area contributed by atoms with E-state index in [9.17, 15) is 9.90 Å². The summed E-state index contributed by atoms with van der Waals surface area (Å²) in [6.45, 7) is 2.88. The number of hydrogen-bond donors (Lipinski definition) is 3. The van der Waals surface area contributed by atoms with Crippen molar-refractivity contribution in [2.24, 2.45) is 4.99 Å². The number of likely N-dealkylation sites (tertiary alicyclic amines) is 1. The number of carbonyl (C=O) groups is 1. The summed E-state index contributed by atoms with van der Waals surface area (Å²) in [5, 5.41) is 17.5. The van der Waals surface area contributed by atoms with E-state index < -0.39 is 6.23 Å². The van der Waals surface area contributed by atoms with E-state index in [4.69, 9.17) is 4.99 Å². The molecule has 3 heterocycles. The van der Waals surface area contributed by atoms with Gasteiger partial charge in [-0.25, -0.2) is 4.99 Å². The van der Waals surface area contributed by atoms with Crippen LogP contribution in [-0.4, -0.2) is 95.6 Å². The molecule has 0 spiro atoms. The molecule has 5 rings (SSSR count). The number of rotatable bonds is 5. The molecule has 4 aliphatic rings. The number of likely N-dealkylation sites (N-methyl/N-ethyl adjacent to an activating group) is 2. The first-order valence-corrected chi connectivity index (χ1v) is 13.4. The summed E-state index contributed by atoms with van der Waals surface area (Å²) in [4.78, 5) is 26.2. The minimum absolute atomic E-state index is 0.0237. The lowest BCUT2D eigenvalue weighted by Gasteiger charge is -2.44. The molecule has 9 heteroatoms. The van der Waals surface area contributed by atoms with Crippen molar-refractivity contribution in [2.45, 2.75) is 69.4 Å². The van der Waals surface area contributed by atoms with E-state index in [1.807, 2.05) is 37.5 Å². The van der Waals surface area contributed by atoms with Gasteiger partial charge in [-0.2, -0.15) is 0 Å². The summed E-state index contributed by atoms with van der Waals surface area (Å²) in [5.74, 6) is 0.905. The van der Waals surface area contributed by atoms with Gasteiger partial charge in [0.05, 0.1) is 11.9 Å². The number of aliphatic hydroxyl groups excluding tert-OH is 1. The first-order valence-electron chi connectivity index (χ1n) is 13.4.